The molecule has 0 saturated heterocycles. The summed E-state index contributed by atoms with van der Waals surface area (Å²) in [6, 6.07) is 13.8. The fraction of sp³-hybridized carbons (Fsp3) is 0.409. The van der Waals surface area contributed by atoms with Gasteiger partial charge in [0.15, 0.2) is 6.10 Å². The molecule has 2 atom stereocenters. The molecule has 0 saturated carbocycles. The van der Waals surface area contributed by atoms with E-state index in [0.717, 1.165) is 29.9 Å². The van der Waals surface area contributed by atoms with Crippen LogP contribution < -0.4 is 14.8 Å². The molecule has 1 amide bonds. The normalized spacial score (nSPS) is 15.5. The third-order valence-corrected chi connectivity index (χ3v) is 4.98. The summed E-state index contributed by atoms with van der Waals surface area (Å²) in [7, 11) is 1.64. The van der Waals surface area contributed by atoms with Gasteiger partial charge in [0, 0.05) is 0 Å². The van der Waals surface area contributed by atoms with Crippen molar-refractivity contribution in [1.29, 1.82) is 0 Å². The van der Waals surface area contributed by atoms with E-state index in [0.29, 0.717) is 0 Å². The maximum atomic E-state index is 12.5. The van der Waals surface area contributed by atoms with E-state index in [4.69, 9.17) is 9.47 Å². The average Bonchev–Trinajstić information content (AvgIpc) is 2.67. The van der Waals surface area contributed by atoms with Crippen molar-refractivity contribution in [3.8, 4) is 11.5 Å². The van der Waals surface area contributed by atoms with Crippen LogP contribution in [0.15, 0.2) is 42.5 Å². The summed E-state index contributed by atoms with van der Waals surface area (Å²) < 4.78 is 11.1. The molecule has 3 rings (SSSR count). The predicted octanol–water partition coefficient (Wildman–Crippen LogP) is 4.22. The smallest absolute Gasteiger partial charge is 0.261 e. The molecule has 4 nitrogen and oxygen atoms in total. The van der Waals surface area contributed by atoms with Crippen LogP contribution >= 0.6 is 0 Å². The van der Waals surface area contributed by atoms with Gasteiger partial charge in [-0.3, -0.25) is 4.79 Å². The van der Waals surface area contributed by atoms with Crippen LogP contribution in [0.5, 0.6) is 11.5 Å². The number of carbonyl (C=O) groups is 1. The standard InChI is InChI=1S/C22H27NO3/c1-15(17-8-11-20(25-3)12-9-17)23-22(24)16(2)26-21-13-10-18-6-4-5-7-19(18)14-21/h8-16H,4-7H2,1-3H3,(H,23,24)/t15-,16-/m1/s1. The summed E-state index contributed by atoms with van der Waals surface area (Å²) in [6.07, 6.45) is 4.19. The van der Waals surface area contributed by atoms with Gasteiger partial charge in [0.2, 0.25) is 0 Å². The molecule has 1 aliphatic rings. The van der Waals surface area contributed by atoms with E-state index in [1.165, 1.54) is 24.0 Å². The Bertz CT molecular complexity index is 754. The number of ether oxygens (including phenoxy) is 2. The van der Waals surface area contributed by atoms with Gasteiger partial charge in [-0.1, -0.05) is 18.2 Å². The van der Waals surface area contributed by atoms with Gasteiger partial charge in [-0.15, -0.1) is 0 Å². The summed E-state index contributed by atoms with van der Waals surface area (Å²) in [5, 5.41) is 3.01. The summed E-state index contributed by atoms with van der Waals surface area (Å²) >= 11 is 0. The fourth-order valence-electron chi connectivity index (χ4n) is 3.35. The van der Waals surface area contributed by atoms with Crippen molar-refractivity contribution in [2.75, 3.05) is 7.11 Å². The lowest BCUT2D eigenvalue weighted by Gasteiger charge is -2.21. The highest BCUT2D eigenvalue weighted by molar-refractivity contribution is 5.81. The van der Waals surface area contributed by atoms with Crippen LogP contribution in [0.4, 0.5) is 0 Å². The van der Waals surface area contributed by atoms with Gasteiger partial charge in [0.1, 0.15) is 11.5 Å². The number of aryl methyl sites for hydroxylation is 2. The third kappa shape index (κ3) is 4.37. The van der Waals surface area contributed by atoms with E-state index in [1.54, 1.807) is 14.0 Å². The Labute approximate surface area is 155 Å². The van der Waals surface area contributed by atoms with E-state index >= 15 is 0 Å². The van der Waals surface area contributed by atoms with Crippen molar-refractivity contribution < 1.29 is 14.3 Å². The van der Waals surface area contributed by atoms with Gasteiger partial charge in [0.05, 0.1) is 13.2 Å². The van der Waals surface area contributed by atoms with Crippen molar-refractivity contribution in [3.05, 3.63) is 59.2 Å². The molecule has 2 aromatic rings. The predicted molar refractivity (Wildman–Crippen MR) is 103 cm³/mol. The first-order chi connectivity index (χ1) is 12.6. The van der Waals surface area contributed by atoms with Crippen molar-refractivity contribution in [2.45, 2.75) is 51.7 Å². The topological polar surface area (TPSA) is 47.6 Å². The highest BCUT2D eigenvalue weighted by Crippen LogP contribution is 2.26. The second-order valence-corrected chi connectivity index (χ2v) is 6.90. The molecule has 0 aromatic heterocycles. The van der Waals surface area contributed by atoms with Crippen LogP contribution in [0.1, 0.15) is 49.4 Å². The molecule has 0 heterocycles. The molecule has 0 radical (unpaired) electrons. The molecule has 0 unspecified atom stereocenters. The van der Waals surface area contributed by atoms with Crippen LogP contribution in [0.25, 0.3) is 0 Å². The first kappa shape index (κ1) is 18.3. The fourth-order valence-corrected chi connectivity index (χ4v) is 3.35. The molecule has 2 aromatic carbocycles. The zero-order chi connectivity index (χ0) is 18.5. The van der Waals surface area contributed by atoms with Crippen LogP contribution in [-0.2, 0) is 17.6 Å². The molecular weight excluding hydrogens is 326 g/mol. The first-order valence-corrected chi connectivity index (χ1v) is 9.29. The third-order valence-electron chi connectivity index (χ3n) is 4.98. The van der Waals surface area contributed by atoms with Crippen LogP contribution in [-0.4, -0.2) is 19.1 Å². The average molecular weight is 353 g/mol. The summed E-state index contributed by atoms with van der Waals surface area (Å²) in [6.45, 7) is 3.75. The van der Waals surface area contributed by atoms with Gasteiger partial charge < -0.3 is 14.8 Å². The lowest BCUT2D eigenvalue weighted by Crippen LogP contribution is -2.37. The molecular formula is C22H27NO3. The van der Waals surface area contributed by atoms with E-state index in [2.05, 4.69) is 17.4 Å². The van der Waals surface area contributed by atoms with Crippen LogP contribution in [0.3, 0.4) is 0 Å². The first-order valence-electron chi connectivity index (χ1n) is 9.29. The van der Waals surface area contributed by atoms with Crippen molar-refractivity contribution in [2.24, 2.45) is 0 Å². The summed E-state index contributed by atoms with van der Waals surface area (Å²) in [4.78, 5) is 12.5. The minimum atomic E-state index is -0.544. The van der Waals surface area contributed by atoms with Gasteiger partial charge in [-0.25, -0.2) is 0 Å². The van der Waals surface area contributed by atoms with Crippen LogP contribution in [0, 0.1) is 0 Å². The number of amides is 1. The number of fused-ring (bicyclic) bond motifs is 1. The zero-order valence-electron chi connectivity index (χ0n) is 15.7. The Hall–Kier alpha value is -2.49. The number of methoxy groups -OCH3 is 1. The van der Waals surface area contributed by atoms with Crippen molar-refractivity contribution in [3.63, 3.8) is 0 Å². The summed E-state index contributed by atoms with van der Waals surface area (Å²) in [5.74, 6) is 1.45. The minimum Gasteiger partial charge on any atom is -0.497 e. The highest BCUT2D eigenvalue weighted by Gasteiger charge is 2.19. The van der Waals surface area contributed by atoms with Crippen molar-refractivity contribution >= 4 is 5.91 Å². The Kier molecular flexibility index (Phi) is 5.82. The van der Waals surface area contributed by atoms with E-state index in [1.807, 2.05) is 37.3 Å². The van der Waals surface area contributed by atoms with Crippen molar-refractivity contribution in [1.82, 2.24) is 5.32 Å². The monoisotopic (exact) mass is 353 g/mol. The Morgan fingerprint density at radius 3 is 2.31 bits per heavy atom. The largest absolute Gasteiger partial charge is 0.497 e. The molecule has 0 bridgehead atoms. The molecule has 4 heteroatoms. The molecule has 1 N–H and O–H groups in total. The minimum absolute atomic E-state index is 0.0945. The van der Waals surface area contributed by atoms with Crippen LogP contribution in [0.2, 0.25) is 0 Å². The maximum absolute atomic E-state index is 12.5. The second kappa shape index (κ2) is 8.26. The lowest BCUT2D eigenvalue weighted by atomic mass is 9.92. The number of benzene rings is 2. The quantitative estimate of drug-likeness (QED) is 0.846. The SMILES string of the molecule is COc1ccc([C@@H](C)NC(=O)[C@@H](C)Oc2ccc3c(c2)CCCC3)cc1. The zero-order valence-corrected chi connectivity index (χ0v) is 15.7. The van der Waals surface area contributed by atoms with Gasteiger partial charge in [-0.05, 0) is 80.5 Å². The Morgan fingerprint density at radius 2 is 1.62 bits per heavy atom. The van der Waals surface area contributed by atoms with Gasteiger partial charge in [0.25, 0.3) is 5.91 Å². The number of nitrogens with one attached hydrogen (secondary N) is 1. The Morgan fingerprint density at radius 1 is 0.962 bits per heavy atom. The summed E-state index contributed by atoms with van der Waals surface area (Å²) in [5.41, 5.74) is 3.79. The molecule has 138 valence electrons. The number of carbonyl (C=O) groups excluding carboxylic acids is 1. The number of rotatable bonds is 6. The number of hydrogen-bond donors (Lipinski definition) is 1. The van der Waals surface area contributed by atoms with E-state index < -0.39 is 6.10 Å². The molecule has 1 aliphatic carbocycles. The Balaban J connectivity index is 1.58. The van der Waals surface area contributed by atoms with Gasteiger partial charge >= 0.3 is 0 Å². The molecule has 0 spiro atoms. The molecule has 0 fully saturated rings. The van der Waals surface area contributed by atoms with E-state index in [9.17, 15) is 4.79 Å². The van der Waals surface area contributed by atoms with E-state index in [-0.39, 0.29) is 11.9 Å². The lowest BCUT2D eigenvalue weighted by molar-refractivity contribution is -0.127. The van der Waals surface area contributed by atoms with Gasteiger partial charge in [-0.2, -0.15) is 0 Å². The number of hydrogen-bond acceptors (Lipinski definition) is 3. The molecule has 0 aliphatic heterocycles. The molecule has 26 heavy (non-hydrogen) atoms. The highest BCUT2D eigenvalue weighted by atomic mass is 16.5. The maximum Gasteiger partial charge on any atom is 0.261 e. The second-order valence-electron chi connectivity index (χ2n) is 6.90.